The number of hydrogen-bond donors (Lipinski definition) is 2. The van der Waals surface area contributed by atoms with E-state index in [4.69, 9.17) is 16.2 Å². The van der Waals surface area contributed by atoms with Crippen molar-refractivity contribution < 1.29 is 4.74 Å². The average Bonchev–Trinajstić information content (AvgIpc) is 2.36. The highest BCUT2D eigenvalue weighted by Crippen LogP contribution is 2.20. The molecule has 0 unspecified atom stereocenters. The van der Waals surface area contributed by atoms with Gasteiger partial charge < -0.3 is 21.1 Å². The molecular formula is C13H29N3O. The van der Waals surface area contributed by atoms with Crippen LogP contribution in [0.5, 0.6) is 0 Å². The molecule has 1 rings (SSSR count). The van der Waals surface area contributed by atoms with E-state index in [1.165, 1.54) is 32.1 Å². The van der Waals surface area contributed by atoms with Crippen LogP contribution in [-0.4, -0.2) is 50.8 Å². The van der Waals surface area contributed by atoms with Crippen molar-refractivity contribution in [1.29, 1.82) is 0 Å². The lowest BCUT2D eigenvalue weighted by atomic mass is 9.94. The van der Waals surface area contributed by atoms with Crippen LogP contribution in [0.25, 0.3) is 0 Å². The quantitative estimate of drug-likeness (QED) is 0.588. The summed E-state index contributed by atoms with van der Waals surface area (Å²) in [7, 11) is 0. The minimum absolute atomic E-state index is 0.736. The van der Waals surface area contributed by atoms with Crippen LogP contribution in [0.15, 0.2) is 0 Å². The van der Waals surface area contributed by atoms with Gasteiger partial charge in [-0.05, 0) is 31.7 Å². The third-order valence-electron chi connectivity index (χ3n) is 3.57. The summed E-state index contributed by atoms with van der Waals surface area (Å²) < 4.78 is 5.37. The molecule has 1 fully saturated rings. The summed E-state index contributed by atoms with van der Waals surface area (Å²) in [5.74, 6) is 0.904. The fraction of sp³-hybridized carbons (Fsp3) is 1.00. The highest BCUT2D eigenvalue weighted by molar-refractivity contribution is 4.65. The van der Waals surface area contributed by atoms with Crippen LogP contribution >= 0.6 is 0 Å². The van der Waals surface area contributed by atoms with Crippen LogP contribution in [0, 0.1) is 5.92 Å². The first kappa shape index (κ1) is 14.9. The van der Waals surface area contributed by atoms with E-state index in [0.29, 0.717) is 0 Å². The van der Waals surface area contributed by atoms with E-state index in [1.54, 1.807) is 0 Å². The van der Waals surface area contributed by atoms with E-state index >= 15 is 0 Å². The van der Waals surface area contributed by atoms with Gasteiger partial charge in [0.1, 0.15) is 0 Å². The summed E-state index contributed by atoms with van der Waals surface area (Å²) in [6.45, 7) is 6.52. The molecule has 1 aliphatic heterocycles. The first-order valence-corrected chi connectivity index (χ1v) is 7.07. The lowest BCUT2D eigenvalue weighted by molar-refractivity contribution is 0.0629. The number of nitrogens with zero attached hydrogens (tertiary/aromatic N) is 1. The summed E-state index contributed by atoms with van der Waals surface area (Å²) >= 11 is 0. The van der Waals surface area contributed by atoms with Gasteiger partial charge in [-0.15, -0.1) is 0 Å². The molecule has 0 aromatic heterocycles. The second-order valence-corrected chi connectivity index (χ2v) is 4.97. The Morgan fingerprint density at radius 2 is 1.59 bits per heavy atom. The minimum atomic E-state index is 0.736. The van der Waals surface area contributed by atoms with Crippen LogP contribution < -0.4 is 11.5 Å². The van der Waals surface area contributed by atoms with Crippen LogP contribution in [-0.2, 0) is 4.74 Å². The summed E-state index contributed by atoms with van der Waals surface area (Å²) in [6.07, 6.45) is 6.49. The smallest absolute Gasteiger partial charge is 0.0468 e. The van der Waals surface area contributed by atoms with Gasteiger partial charge in [-0.25, -0.2) is 0 Å². The maximum absolute atomic E-state index is 5.58. The van der Waals surface area contributed by atoms with Crippen LogP contribution in [0.4, 0.5) is 0 Å². The zero-order chi connectivity index (χ0) is 12.3. The van der Waals surface area contributed by atoms with Gasteiger partial charge in [0, 0.05) is 39.4 Å². The topological polar surface area (TPSA) is 64.5 Å². The van der Waals surface area contributed by atoms with E-state index < -0.39 is 0 Å². The van der Waals surface area contributed by atoms with Gasteiger partial charge in [-0.3, -0.25) is 0 Å². The van der Waals surface area contributed by atoms with Gasteiger partial charge in [0.2, 0.25) is 0 Å². The molecule has 1 heterocycles. The monoisotopic (exact) mass is 243 g/mol. The number of rotatable bonds is 9. The first-order chi connectivity index (χ1) is 8.36. The van der Waals surface area contributed by atoms with Crippen molar-refractivity contribution in [2.75, 3.05) is 45.9 Å². The summed E-state index contributed by atoms with van der Waals surface area (Å²) in [5.41, 5.74) is 11.2. The number of nitrogens with two attached hydrogens (primary N) is 2. The molecule has 1 saturated heterocycles. The van der Waals surface area contributed by atoms with Crippen molar-refractivity contribution >= 4 is 0 Å². The van der Waals surface area contributed by atoms with Crippen LogP contribution in [0.2, 0.25) is 0 Å². The van der Waals surface area contributed by atoms with Crippen LogP contribution in [0.3, 0.4) is 0 Å². The van der Waals surface area contributed by atoms with Crippen molar-refractivity contribution in [3.63, 3.8) is 0 Å². The molecule has 0 atom stereocenters. The predicted octanol–water partition coefficient (Wildman–Crippen LogP) is 0.803. The van der Waals surface area contributed by atoms with Crippen LogP contribution in [0.1, 0.15) is 32.1 Å². The summed E-state index contributed by atoms with van der Waals surface area (Å²) in [4.78, 5) is 2.38. The first-order valence-electron chi connectivity index (χ1n) is 7.07. The van der Waals surface area contributed by atoms with E-state index in [9.17, 15) is 0 Å². The minimum Gasteiger partial charge on any atom is -0.381 e. The SMILES string of the molecule is NCCN(CCN)CCCCC1CCOCC1. The summed E-state index contributed by atoms with van der Waals surface area (Å²) in [6, 6.07) is 0. The van der Waals surface area contributed by atoms with Crippen molar-refractivity contribution in [2.45, 2.75) is 32.1 Å². The molecule has 4 heteroatoms. The third-order valence-corrected chi connectivity index (χ3v) is 3.57. The maximum atomic E-state index is 5.58. The van der Waals surface area contributed by atoms with Crippen molar-refractivity contribution in [2.24, 2.45) is 17.4 Å². The molecule has 17 heavy (non-hydrogen) atoms. The molecule has 1 aliphatic rings. The molecule has 4 N–H and O–H groups in total. The Bertz CT molecular complexity index is 166. The van der Waals surface area contributed by atoms with E-state index in [0.717, 1.165) is 51.9 Å². The number of unbranched alkanes of at least 4 members (excludes halogenated alkanes) is 1. The highest BCUT2D eigenvalue weighted by Gasteiger charge is 2.13. The van der Waals surface area contributed by atoms with E-state index in [1.807, 2.05) is 0 Å². The summed E-state index contributed by atoms with van der Waals surface area (Å²) in [5, 5.41) is 0. The second kappa shape index (κ2) is 9.83. The standard InChI is InChI=1S/C13H29N3O/c14-6-9-16(10-7-15)8-2-1-3-13-4-11-17-12-5-13/h13H,1-12,14-15H2. The molecule has 102 valence electrons. The Morgan fingerprint density at radius 1 is 0.941 bits per heavy atom. The zero-order valence-electron chi connectivity index (χ0n) is 11.1. The molecule has 0 aliphatic carbocycles. The zero-order valence-corrected chi connectivity index (χ0v) is 11.1. The Balaban J connectivity index is 2.00. The van der Waals surface area contributed by atoms with Gasteiger partial charge in [-0.2, -0.15) is 0 Å². The Morgan fingerprint density at radius 3 is 2.18 bits per heavy atom. The van der Waals surface area contributed by atoms with Crippen molar-refractivity contribution in [1.82, 2.24) is 4.90 Å². The van der Waals surface area contributed by atoms with Gasteiger partial charge >= 0.3 is 0 Å². The normalized spacial score (nSPS) is 17.8. The molecular weight excluding hydrogens is 214 g/mol. The lowest BCUT2D eigenvalue weighted by Gasteiger charge is -2.23. The molecule has 0 amide bonds. The fourth-order valence-electron chi connectivity index (χ4n) is 2.50. The largest absolute Gasteiger partial charge is 0.381 e. The number of ether oxygens (including phenoxy) is 1. The van der Waals surface area contributed by atoms with E-state index in [2.05, 4.69) is 4.90 Å². The van der Waals surface area contributed by atoms with Gasteiger partial charge in [0.25, 0.3) is 0 Å². The molecule has 4 nitrogen and oxygen atoms in total. The highest BCUT2D eigenvalue weighted by atomic mass is 16.5. The molecule has 0 spiro atoms. The molecule has 0 radical (unpaired) electrons. The van der Waals surface area contributed by atoms with Gasteiger partial charge in [0.05, 0.1) is 0 Å². The van der Waals surface area contributed by atoms with Crippen molar-refractivity contribution in [3.8, 4) is 0 Å². The van der Waals surface area contributed by atoms with Gasteiger partial charge in [0.15, 0.2) is 0 Å². The molecule has 0 saturated carbocycles. The Kier molecular flexibility index (Phi) is 8.61. The average molecular weight is 243 g/mol. The molecule has 0 aromatic carbocycles. The van der Waals surface area contributed by atoms with E-state index in [-0.39, 0.29) is 0 Å². The second-order valence-electron chi connectivity index (χ2n) is 4.97. The maximum Gasteiger partial charge on any atom is 0.0468 e. The Labute approximate surface area is 106 Å². The molecule has 0 aromatic rings. The molecule has 0 bridgehead atoms. The Hall–Kier alpha value is -0.160. The fourth-order valence-corrected chi connectivity index (χ4v) is 2.50. The van der Waals surface area contributed by atoms with Gasteiger partial charge in [-0.1, -0.05) is 12.8 Å². The number of hydrogen-bond acceptors (Lipinski definition) is 4. The lowest BCUT2D eigenvalue weighted by Crippen LogP contribution is -2.34. The third kappa shape index (κ3) is 6.99. The van der Waals surface area contributed by atoms with Crippen molar-refractivity contribution in [3.05, 3.63) is 0 Å². The predicted molar refractivity (Wildman–Crippen MR) is 71.9 cm³/mol.